The van der Waals surface area contributed by atoms with Crippen molar-refractivity contribution in [2.24, 2.45) is 0 Å². The fourth-order valence-electron chi connectivity index (χ4n) is 1.50. The molecular weight excluding hydrogens is 294 g/mol. The number of halogens is 1. The Balaban J connectivity index is 2.03. The van der Waals surface area contributed by atoms with Crippen LogP contribution in [0.3, 0.4) is 0 Å². The number of carbonyl (C=O) groups is 1. The minimum atomic E-state index is -0.218. The van der Waals surface area contributed by atoms with Gasteiger partial charge in [-0.2, -0.15) is 0 Å². The van der Waals surface area contributed by atoms with E-state index >= 15 is 0 Å². The number of benzene rings is 1. The average molecular weight is 306 g/mol. The van der Waals surface area contributed by atoms with E-state index in [-0.39, 0.29) is 12.5 Å². The minimum absolute atomic E-state index is 0.0582. The van der Waals surface area contributed by atoms with E-state index in [1.54, 1.807) is 23.6 Å². The number of nitrogens with one attached hydrogen (secondary N) is 1. The van der Waals surface area contributed by atoms with Crippen LogP contribution in [0.15, 0.2) is 35.7 Å². The first-order chi connectivity index (χ1) is 9.70. The molecule has 0 atom stereocenters. The van der Waals surface area contributed by atoms with Crippen LogP contribution >= 0.6 is 22.9 Å². The van der Waals surface area contributed by atoms with E-state index in [1.807, 2.05) is 12.1 Å². The molecule has 1 amide bonds. The van der Waals surface area contributed by atoms with Gasteiger partial charge in [0.05, 0.1) is 11.6 Å². The van der Waals surface area contributed by atoms with E-state index in [4.69, 9.17) is 16.7 Å². The lowest BCUT2D eigenvalue weighted by Crippen LogP contribution is -2.10. The first-order valence-corrected chi connectivity index (χ1v) is 7.20. The van der Waals surface area contributed by atoms with E-state index in [9.17, 15) is 4.79 Å². The summed E-state index contributed by atoms with van der Waals surface area (Å²) in [4.78, 5) is 12.4. The number of carbonyl (C=O) groups excluding carboxylic acids is 1. The SMILES string of the molecule is O=C(Nc1ccc(C#CCCO)cc1)c1sccc1Cl. The number of amides is 1. The zero-order chi connectivity index (χ0) is 14.4. The molecule has 0 unspecified atom stereocenters. The van der Waals surface area contributed by atoms with Crippen molar-refractivity contribution in [1.29, 1.82) is 0 Å². The molecule has 0 saturated carbocycles. The number of rotatable bonds is 3. The van der Waals surface area contributed by atoms with E-state index in [1.165, 1.54) is 11.3 Å². The zero-order valence-corrected chi connectivity index (χ0v) is 12.1. The van der Waals surface area contributed by atoms with Crippen LogP contribution in [0.25, 0.3) is 0 Å². The highest BCUT2D eigenvalue weighted by Crippen LogP contribution is 2.23. The van der Waals surface area contributed by atoms with Gasteiger partial charge in [-0.3, -0.25) is 4.79 Å². The Hall–Kier alpha value is -1.80. The van der Waals surface area contributed by atoms with Crippen molar-refractivity contribution in [3.05, 3.63) is 51.2 Å². The van der Waals surface area contributed by atoms with Crippen molar-refractivity contribution in [3.8, 4) is 11.8 Å². The molecule has 0 fully saturated rings. The maximum absolute atomic E-state index is 12.0. The van der Waals surface area contributed by atoms with Gasteiger partial charge in [0.25, 0.3) is 5.91 Å². The van der Waals surface area contributed by atoms with Crippen LogP contribution < -0.4 is 5.32 Å². The van der Waals surface area contributed by atoms with Crippen molar-refractivity contribution < 1.29 is 9.90 Å². The van der Waals surface area contributed by atoms with Crippen molar-refractivity contribution >= 4 is 34.5 Å². The summed E-state index contributed by atoms with van der Waals surface area (Å²) in [6, 6.07) is 8.89. The Kier molecular flexibility index (Phi) is 5.19. The minimum Gasteiger partial charge on any atom is -0.395 e. The van der Waals surface area contributed by atoms with Gasteiger partial charge < -0.3 is 10.4 Å². The predicted octanol–water partition coefficient (Wildman–Crippen LogP) is 3.39. The molecular formula is C15H12ClNO2S. The second-order valence-corrected chi connectivity index (χ2v) is 5.23. The number of aliphatic hydroxyl groups excluding tert-OH is 1. The highest BCUT2D eigenvalue weighted by atomic mass is 35.5. The van der Waals surface area contributed by atoms with Gasteiger partial charge in [-0.05, 0) is 35.7 Å². The van der Waals surface area contributed by atoms with Gasteiger partial charge in [0, 0.05) is 17.7 Å². The number of aliphatic hydroxyl groups is 1. The van der Waals surface area contributed by atoms with E-state index in [2.05, 4.69) is 17.2 Å². The van der Waals surface area contributed by atoms with Crippen LogP contribution in [0, 0.1) is 11.8 Å². The number of thiophene rings is 1. The Bertz CT molecular complexity index is 653. The fourth-order valence-corrected chi connectivity index (χ4v) is 2.54. The summed E-state index contributed by atoms with van der Waals surface area (Å²) >= 11 is 7.21. The summed E-state index contributed by atoms with van der Waals surface area (Å²) in [5, 5.41) is 13.7. The molecule has 20 heavy (non-hydrogen) atoms. The van der Waals surface area contributed by atoms with Crippen LogP contribution in [-0.2, 0) is 0 Å². The smallest absolute Gasteiger partial charge is 0.267 e. The van der Waals surface area contributed by atoms with E-state index in [0.717, 1.165) is 5.56 Å². The van der Waals surface area contributed by atoms with Crippen LogP contribution in [0.5, 0.6) is 0 Å². The number of hydrogen-bond donors (Lipinski definition) is 2. The standard InChI is InChI=1S/C15H12ClNO2S/c16-13-8-10-20-14(13)15(19)17-12-6-4-11(5-7-12)3-1-2-9-18/h4-8,10,18H,2,9H2,(H,17,19). The first kappa shape index (κ1) is 14.6. The molecule has 2 N–H and O–H groups in total. The molecule has 0 aliphatic rings. The maximum Gasteiger partial charge on any atom is 0.267 e. The Morgan fingerprint density at radius 2 is 2.05 bits per heavy atom. The summed E-state index contributed by atoms with van der Waals surface area (Å²) in [5.74, 6) is 5.54. The summed E-state index contributed by atoms with van der Waals surface area (Å²) in [7, 11) is 0. The second kappa shape index (κ2) is 7.11. The highest BCUT2D eigenvalue weighted by molar-refractivity contribution is 7.12. The summed E-state index contributed by atoms with van der Waals surface area (Å²) in [6.07, 6.45) is 0.454. The van der Waals surface area contributed by atoms with Crippen molar-refractivity contribution in [1.82, 2.24) is 0 Å². The lowest BCUT2D eigenvalue weighted by atomic mass is 10.2. The third-order valence-corrected chi connectivity index (χ3v) is 3.78. The molecule has 0 saturated heterocycles. The summed E-state index contributed by atoms with van der Waals surface area (Å²) < 4.78 is 0. The molecule has 5 heteroatoms. The highest BCUT2D eigenvalue weighted by Gasteiger charge is 2.11. The van der Waals surface area contributed by atoms with Crippen LogP contribution in [0.2, 0.25) is 5.02 Å². The lowest BCUT2D eigenvalue weighted by Gasteiger charge is -2.04. The lowest BCUT2D eigenvalue weighted by molar-refractivity contribution is 0.103. The van der Waals surface area contributed by atoms with Crippen molar-refractivity contribution in [2.45, 2.75) is 6.42 Å². The maximum atomic E-state index is 12.0. The van der Waals surface area contributed by atoms with Crippen LogP contribution in [0.1, 0.15) is 21.7 Å². The van der Waals surface area contributed by atoms with E-state index < -0.39 is 0 Å². The normalized spacial score (nSPS) is 9.70. The quantitative estimate of drug-likeness (QED) is 0.854. The topological polar surface area (TPSA) is 49.3 Å². The number of anilines is 1. The monoisotopic (exact) mass is 305 g/mol. The molecule has 2 aromatic rings. The third kappa shape index (κ3) is 3.84. The van der Waals surface area contributed by atoms with Gasteiger partial charge >= 0.3 is 0 Å². The molecule has 0 spiro atoms. The van der Waals surface area contributed by atoms with Gasteiger partial charge in [-0.25, -0.2) is 0 Å². The summed E-state index contributed by atoms with van der Waals surface area (Å²) in [6.45, 7) is 0.0582. The molecule has 1 heterocycles. The molecule has 0 bridgehead atoms. The molecule has 2 rings (SSSR count). The van der Waals surface area contributed by atoms with Gasteiger partial charge in [-0.15, -0.1) is 11.3 Å². The van der Waals surface area contributed by atoms with E-state index in [0.29, 0.717) is 22.0 Å². The first-order valence-electron chi connectivity index (χ1n) is 5.95. The molecule has 0 aliphatic carbocycles. The van der Waals surface area contributed by atoms with Gasteiger partial charge in [-0.1, -0.05) is 23.4 Å². The van der Waals surface area contributed by atoms with Gasteiger partial charge in [0.1, 0.15) is 4.88 Å². The van der Waals surface area contributed by atoms with Crippen molar-refractivity contribution in [3.63, 3.8) is 0 Å². The van der Waals surface area contributed by atoms with Crippen molar-refractivity contribution in [2.75, 3.05) is 11.9 Å². The Morgan fingerprint density at radius 3 is 2.65 bits per heavy atom. The van der Waals surface area contributed by atoms with Crippen LogP contribution in [0.4, 0.5) is 5.69 Å². The Morgan fingerprint density at radius 1 is 1.30 bits per heavy atom. The average Bonchev–Trinajstić information content (AvgIpc) is 2.87. The molecule has 1 aromatic heterocycles. The molecule has 102 valence electrons. The van der Waals surface area contributed by atoms with Crippen LogP contribution in [-0.4, -0.2) is 17.6 Å². The summed E-state index contributed by atoms with van der Waals surface area (Å²) in [5.41, 5.74) is 1.53. The molecule has 3 nitrogen and oxygen atoms in total. The molecule has 0 aliphatic heterocycles. The zero-order valence-electron chi connectivity index (χ0n) is 10.5. The number of hydrogen-bond acceptors (Lipinski definition) is 3. The second-order valence-electron chi connectivity index (χ2n) is 3.90. The third-order valence-electron chi connectivity index (χ3n) is 2.44. The predicted molar refractivity (Wildman–Crippen MR) is 82.3 cm³/mol. The largest absolute Gasteiger partial charge is 0.395 e. The van der Waals surface area contributed by atoms with Gasteiger partial charge in [0.2, 0.25) is 0 Å². The fraction of sp³-hybridized carbons (Fsp3) is 0.133. The Labute approximate surface area is 126 Å². The van der Waals surface area contributed by atoms with Gasteiger partial charge in [0.15, 0.2) is 0 Å². The molecule has 0 radical (unpaired) electrons. The molecule has 1 aromatic carbocycles.